The zero-order valence-electron chi connectivity index (χ0n) is 11.1. The number of rotatable bonds is 6. The summed E-state index contributed by atoms with van der Waals surface area (Å²) in [5.41, 5.74) is 0.878. The van der Waals surface area contributed by atoms with Crippen molar-refractivity contribution >= 4 is 0 Å². The van der Waals surface area contributed by atoms with Gasteiger partial charge in [0.25, 0.3) is 0 Å². The van der Waals surface area contributed by atoms with Crippen LogP contribution in [-0.2, 0) is 6.54 Å². The summed E-state index contributed by atoms with van der Waals surface area (Å²) in [5, 5.41) is 3.35. The first kappa shape index (κ1) is 13.5. The van der Waals surface area contributed by atoms with Crippen LogP contribution in [0.25, 0.3) is 0 Å². The first-order valence-electron chi connectivity index (χ1n) is 6.29. The average Bonchev–Trinajstić information content (AvgIpc) is 2.94. The van der Waals surface area contributed by atoms with Gasteiger partial charge >= 0.3 is 0 Å². The van der Waals surface area contributed by atoms with Gasteiger partial charge in [0.05, 0.1) is 13.2 Å². The molecule has 0 spiro atoms. The molecular weight excluding hydrogens is 245 g/mol. The molecule has 0 aliphatic heterocycles. The number of imidazole rings is 1. The Morgan fingerprint density at radius 2 is 2.32 bits per heavy atom. The molecule has 0 bridgehead atoms. The number of nitrogens with zero attached hydrogens (tertiary/aromatic N) is 1. The Hall–Kier alpha value is -1.88. The van der Waals surface area contributed by atoms with Gasteiger partial charge in [0, 0.05) is 18.9 Å². The third-order valence-corrected chi connectivity index (χ3v) is 3.03. The van der Waals surface area contributed by atoms with Gasteiger partial charge in [-0.05, 0) is 24.1 Å². The molecule has 0 saturated carbocycles. The average molecular weight is 263 g/mol. The minimum absolute atomic E-state index is 0.139. The predicted octanol–water partition coefficient (Wildman–Crippen LogP) is 2.80. The van der Waals surface area contributed by atoms with Crippen LogP contribution >= 0.6 is 0 Å². The molecule has 0 aliphatic rings. The van der Waals surface area contributed by atoms with Crippen molar-refractivity contribution < 1.29 is 9.13 Å². The Bertz CT molecular complexity index is 513. The lowest BCUT2D eigenvalue weighted by Crippen LogP contribution is -2.21. The highest BCUT2D eigenvalue weighted by Crippen LogP contribution is 2.18. The van der Waals surface area contributed by atoms with Crippen LogP contribution in [-0.4, -0.2) is 17.1 Å². The Morgan fingerprint density at radius 1 is 1.47 bits per heavy atom. The summed E-state index contributed by atoms with van der Waals surface area (Å²) < 4.78 is 18.5. The van der Waals surface area contributed by atoms with E-state index in [1.165, 1.54) is 13.2 Å². The van der Waals surface area contributed by atoms with Gasteiger partial charge in [-0.25, -0.2) is 9.37 Å². The molecule has 0 fully saturated rings. The van der Waals surface area contributed by atoms with Gasteiger partial charge < -0.3 is 15.0 Å². The number of methoxy groups -OCH3 is 1. The van der Waals surface area contributed by atoms with E-state index in [0.29, 0.717) is 6.54 Å². The molecular formula is C14H18FN3O. The van der Waals surface area contributed by atoms with Gasteiger partial charge in [-0.2, -0.15) is 0 Å². The smallest absolute Gasteiger partial charge is 0.165 e. The lowest BCUT2D eigenvalue weighted by molar-refractivity contribution is 0.385. The van der Waals surface area contributed by atoms with E-state index in [0.717, 1.165) is 17.8 Å². The predicted molar refractivity (Wildman–Crippen MR) is 71.4 cm³/mol. The number of ether oxygens (including phenoxy) is 1. The van der Waals surface area contributed by atoms with Crippen LogP contribution in [0.5, 0.6) is 5.75 Å². The number of hydrogen-bond donors (Lipinski definition) is 2. The van der Waals surface area contributed by atoms with Crippen molar-refractivity contribution in [2.45, 2.75) is 25.9 Å². The van der Waals surface area contributed by atoms with Crippen molar-refractivity contribution in [2.24, 2.45) is 0 Å². The molecule has 2 aromatic rings. The summed E-state index contributed by atoms with van der Waals surface area (Å²) in [5.74, 6) is 0.825. The molecule has 2 rings (SSSR count). The van der Waals surface area contributed by atoms with Crippen LogP contribution in [0.15, 0.2) is 30.6 Å². The van der Waals surface area contributed by atoms with Crippen LogP contribution in [0.3, 0.4) is 0 Å². The van der Waals surface area contributed by atoms with E-state index in [1.807, 2.05) is 6.07 Å². The Labute approximate surface area is 112 Å². The second kappa shape index (κ2) is 6.33. The van der Waals surface area contributed by atoms with Crippen molar-refractivity contribution in [3.05, 3.63) is 47.8 Å². The quantitative estimate of drug-likeness (QED) is 0.842. The Balaban J connectivity index is 1.99. The fourth-order valence-corrected chi connectivity index (χ4v) is 1.96. The van der Waals surface area contributed by atoms with Crippen LogP contribution in [0.1, 0.15) is 30.8 Å². The number of aromatic nitrogens is 2. The fraction of sp³-hybridized carbons (Fsp3) is 0.357. The molecule has 1 unspecified atom stereocenters. The largest absolute Gasteiger partial charge is 0.494 e. The van der Waals surface area contributed by atoms with E-state index in [2.05, 4.69) is 22.2 Å². The molecule has 2 N–H and O–H groups in total. The Morgan fingerprint density at radius 3 is 2.89 bits per heavy atom. The van der Waals surface area contributed by atoms with Gasteiger partial charge in [0.15, 0.2) is 11.6 Å². The first-order valence-corrected chi connectivity index (χ1v) is 6.29. The first-order chi connectivity index (χ1) is 9.24. The minimum Gasteiger partial charge on any atom is -0.494 e. The number of hydrogen-bond acceptors (Lipinski definition) is 3. The maximum atomic E-state index is 13.6. The zero-order chi connectivity index (χ0) is 13.7. The number of halogens is 1. The summed E-state index contributed by atoms with van der Waals surface area (Å²) in [6.45, 7) is 2.66. The molecule has 4 nitrogen and oxygen atoms in total. The zero-order valence-corrected chi connectivity index (χ0v) is 11.1. The van der Waals surface area contributed by atoms with Gasteiger partial charge in [-0.3, -0.25) is 0 Å². The third-order valence-electron chi connectivity index (χ3n) is 3.03. The summed E-state index contributed by atoms with van der Waals surface area (Å²) in [6.07, 6.45) is 4.44. The van der Waals surface area contributed by atoms with Crippen molar-refractivity contribution in [3.8, 4) is 5.75 Å². The molecule has 0 amide bonds. The number of aromatic amines is 1. The molecule has 0 aliphatic carbocycles. The van der Waals surface area contributed by atoms with E-state index in [1.54, 1.807) is 18.5 Å². The molecule has 5 heteroatoms. The third kappa shape index (κ3) is 3.32. The molecule has 1 aromatic carbocycles. The normalized spacial score (nSPS) is 12.4. The van der Waals surface area contributed by atoms with E-state index in [-0.39, 0.29) is 17.6 Å². The number of benzene rings is 1. The van der Waals surface area contributed by atoms with E-state index in [4.69, 9.17) is 4.74 Å². The van der Waals surface area contributed by atoms with E-state index >= 15 is 0 Å². The maximum absolute atomic E-state index is 13.6. The summed E-state index contributed by atoms with van der Waals surface area (Å²) in [6, 6.07) is 5.12. The van der Waals surface area contributed by atoms with Gasteiger partial charge in [-0.1, -0.05) is 13.0 Å². The summed E-state index contributed by atoms with van der Waals surface area (Å²) in [4.78, 5) is 7.32. The second-order valence-corrected chi connectivity index (χ2v) is 4.29. The van der Waals surface area contributed by atoms with Crippen LogP contribution in [0.2, 0.25) is 0 Å². The van der Waals surface area contributed by atoms with Gasteiger partial charge in [0.2, 0.25) is 0 Å². The molecule has 19 heavy (non-hydrogen) atoms. The van der Waals surface area contributed by atoms with Crippen LogP contribution < -0.4 is 10.1 Å². The molecule has 102 valence electrons. The molecule has 1 atom stereocenters. The maximum Gasteiger partial charge on any atom is 0.165 e. The fourth-order valence-electron chi connectivity index (χ4n) is 1.96. The number of nitrogens with one attached hydrogen (secondary N) is 2. The summed E-state index contributed by atoms with van der Waals surface area (Å²) in [7, 11) is 1.46. The van der Waals surface area contributed by atoms with Crippen LogP contribution in [0.4, 0.5) is 4.39 Å². The number of H-pyrrole nitrogens is 1. The van der Waals surface area contributed by atoms with Crippen molar-refractivity contribution in [1.82, 2.24) is 15.3 Å². The summed E-state index contributed by atoms with van der Waals surface area (Å²) >= 11 is 0. The van der Waals surface area contributed by atoms with Gasteiger partial charge in [0.1, 0.15) is 5.82 Å². The topological polar surface area (TPSA) is 49.9 Å². The van der Waals surface area contributed by atoms with E-state index < -0.39 is 0 Å². The van der Waals surface area contributed by atoms with Crippen molar-refractivity contribution in [2.75, 3.05) is 7.11 Å². The lowest BCUT2D eigenvalue weighted by Gasteiger charge is -2.15. The standard InChI is InChI=1S/C14H18FN3O/c1-3-12(14-16-6-7-17-14)18-9-10-4-5-13(19-2)11(15)8-10/h4-8,12,18H,3,9H2,1-2H3,(H,16,17). The van der Waals surface area contributed by atoms with Crippen molar-refractivity contribution in [1.29, 1.82) is 0 Å². The van der Waals surface area contributed by atoms with E-state index in [9.17, 15) is 4.39 Å². The monoisotopic (exact) mass is 263 g/mol. The lowest BCUT2D eigenvalue weighted by atomic mass is 10.1. The SMILES string of the molecule is CCC(NCc1ccc(OC)c(F)c1)c1ncc[nH]1. The highest BCUT2D eigenvalue weighted by Gasteiger charge is 2.11. The second-order valence-electron chi connectivity index (χ2n) is 4.29. The molecule has 1 heterocycles. The van der Waals surface area contributed by atoms with Crippen molar-refractivity contribution in [3.63, 3.8) is 0 Å². The Kier molecular flexibility index (Phi) is 4.52. The molecule has 1 aromatic heterocycles. The highest BCUT2D eigenvalue weighted by atomic mass is 19.1. The van der Waals surface area contributed by atoms with Crippen LogP contribution in [0, 0.1) is 5.82 Å². The minimum atomic E-state index is -0.340. The van der Waals surface area contributed by atoms with Gasteiger partial charge in [-0.15, -0.1) is 0 Å². The molecule has 0 radical (unpaired) electrons. The molecule has 0 saturated heterocycles. The highest BCUT2D eigenvalue weighted by molar-refractivity contribution is 5.29.